The van der Waals surface area contributed by atoms with Gasteiger partial charge in [0.15, 0.2) is 0 Å². The van der Waals surface area contributed by atoms with Crippen molar-refractivity contribution in [2.24, 2.45) is 0 Å². The van der Waals surface area contributed by atoms with Crippen LogP contribution < -0.4 is 10.1 Å². The summed E-state index contributed by atoms with van der Waals surface area (Å²) in [5.74, 6) is 0.186. The largest absolute Gasteiger partial charge is 0.494 e. The second kappa shape index (κ2) is 8.74. The third-order valence-electron chi connectivity index (χ3n) is 4.53. The molecule has 2 amide bonds. The van der Waals surface area contributed by atoms with E-state index in [1.807, 2.05) is 69.3 Å². The van der Waals surface area contributed by atoms with Gasteiger partial charge in [-0.2, -0.15) is 0 Å². The maximum Gasteiger partial charge on any atom is 0.278 e. The molecule has 5 heteroatoms. The van der Waals surface area contributed by atoms with Crippen LogP contribution in [0.4, 0.5) is 5.69 Å². The van der Waals surface area contributed by atoms with Crippen molar-refractivity contribution >= 4 is 23.1 Å². The third kappa shape index (κ3) is 4.09. The van der Waals surface area contributed by atoms with Crippen molar-refractivity contribution in [1.29, 1.82) is 0 Å². The predicted octanol–water partition coefficient (Wildman–Crippen LogP) is 4.39. The molecule has 1 N–H and O–H groups in total. The summed E-state index contributed by atoms with van der Waals surface area (Å²) in [6.45, 7) is 7.02. The molecule has 0 bridgehead atoms. The lowest BCUT2D eigenvalue weighted by atomic mass is 10.0. The summed E-state index contributed by atoms with van der Waals surface area (Å²) < 4.78 is 5.67. The minimum absolute atomic E-state index is 0.253. The zero-order valence-electron chi connectivity index (χ0n) is 16.6. The summed E-state index contributed by atoms with van der Waals surface area (Å²) in [6.07, 6.45) is 1.63. The molecule has 0 aliphatic carbocycles. The molecule has 146 valence electrons. The van der Waals surface area contributed by atoms with Gasteiger partial charge in [0, 0.05) is 18.3 Å². The molecule has 5 nitrogen and oxygen atoms in total. The van der Waals surface area contributed by atoms with E-state index in [4.69, 9.17) is 4.74 Å². The van der Waals surface area contributed by atoms with E-state index in [-0.39, 0.29) is 11.8 Å². The van der Waals surface area contributed by atoms with Crippen molar-refractivity contribution in [2.45, 2.75) is 33.6 Å². The fraction of sp³-hybridized carbons (Fsp3) is 0.304. The number of aryl methyl sites for hydroxylation is 1. The molecule has 28 heavy (non-hydrogen) atoms. The Morgan fingerprint density at radius 3 is 2.39 bits per heavy atom. The van der Waals surface area contributed by atoms with Crippen molar-refractivity contribution in [2.75, 3.05) is 18.5 Å². The zero-order chi connectivity index (χ0) is 20.1. The van der Waals surface area contributed by atoms with Crippen molar-refractivity contribution in [3.8, 4) is 5.75 Å². The Hall–Kier alpha value is -3.08. The van der Waals surface area contributed by atoms with Gasteiger partial charge in [-0.05, 0) is 37.5 Å². The summed E-state index contributed by atoms with van der Waals surface area (Å²) in [7, 11) is 0. The topological polar surface area (TPSA) is 58.6 Å². The van der Waals surface area contributed by atoms with Gasteiger partial charge in [-0.25, -0.2) is 0 Å². The average Bonchev–Trinajstić information content (AvgIpc) is 2.92. The van der Waals surface area contributed by atoms with Crippen LogP contribution in [0.3, 0.4) is 0 Å². The number of carbonyl (C=O) groups excluding carboxylic acids is 2. The molecule has 0 aromatic heterocycles. The Morgan fingerprint density at radius 2 is 1.71 bits per heavy atom. The molecule has 0 atom stereocenters. The van der Waals surface area contributed by atoms with Gasteiger partial charge in [0.1, 0.15) is 11.4 Å². The van der Waals surface area contributed by atoms with E-state index >= 15 is 0 Å². The van der Waals surface area contributed by atoms with E-state index < -0.39 is 0 Å². The molecule has 3 rings (SSSR count). The highest BCUT2D eigenvalue weighted by Gasteiger charge is 2.38. The number of hydrogen-bond donors (Lipinski definition) is 1. The molecule has 0 unspecified atom stereocenters. The van der Waals surface area contributed by atoms with E-state index in [0.717, 1.165) is 23.3 Å². The van der Waals surface area contributed by atoms with Crippen LogP contribution in [0.25, 0.3) is 5.57 Å². The molecule has 0 radical (unpaired) electrons. The van der Waals surface area contributed by atoms with Crippen LogP contribution in [0, 0.1) is 6.92 Å². The SMILES string of the molecule is CCCOc1cccc(NC2=C(c3ccc(C)cc3)C(=O)N(CCC)C2=O)c1. The van der Waals surface area contributed by atoms with E-state index in [1.165, 1.54) is 4.90 Å². The molecule has 0 saturated carbocycles. The lowest BCUT2D eigenvalue weighted by Crippen LogP contribution is -2.33. The monoisotopic (exact) mass is 378 g/mol. The van der Waals surface area contributed by atoms with Crippen molar-refractivity contribution in [3.05, 3.63) is 65.4 Å². The van der Waals surface area contributed by atoms with Gasteiger partial charge in [-0.3, -0.25) is 14.5 Å². The summed E-state index contributed by atoms with van der Waals surface area (Å²) >= 11 is 0. The number of carbonyl (C=O) groups is 2. The number of imide groups is 1. The van der Waals surface area contributed by atoms with Crippen LogP contribution in [-0.4, -0.2) is 29.9 Å². The van der Waals surface area contributed by atoms with Gasteiger partial charge in [-0.15, -0.1) is 0 Å². The van der Waals surface area contributed by atoms with Gasteiger partial charge >= 0.3 is 0 Å². The molecule has 1 heterocycles. The van der Waals surface area contributed by atoms with Crippen LogP contribution in [0.1, 0.15) is 37.8 Å². The normalized spacial score (nSPS) is 14.0. The van der Waals surface area contributed by atoms with Gasteiger partial charge in [0.2, 0.25) is 0 Å². The first-order valence-electron chi connectivity index (χ1n) is 9.72. The van der Waals surface area contributed by atoms with E-state index in [9.17, 15) is 9.59 Å². The first-order valence-corrected chi connectivity index (χ1v) is 9.72. The lowest BCUT2D eigenvalue weighted by Gasteiger charge is -2.14. The van der Waals surface area contributed by atoms with E-state index in [2.05, 4.69) is 5.32 Å². The number of rotatable bonds is 8. The minimum atomic E-state index is -0.290. The number of hydrogen-bond acceptors (Lipinski definition) is 4. The zero-order valence-corrected chi connectivity index (χ0v) is 16.6. The molecule has 2 aromatic carbocycles. The van der Waals surface area contributed by atoms with Crippen molar-refractivity contribution in [1.82, 2.24) is 4.90 Å². The van der Waals surface area contributed by atoms with Crippen LogP contribution in [0.15, 0.2) is 54.2 Å². The maximum atomic E-state index is 13.0. The molecule has 1 aliphatic rings. The van der Waals surface area contributed by atoms with Gasteiger partial charge in [0.25, 0.3) is 11.8 Å². The highest BCUT2D eigenvalue weighted by Crippen LogP contribution is 2.31. The molecule has 0 fully saturated rings. The summed E-state index contributed by atoms with van der Waals surface area (Å²) in [5.41, 5.74) is 3.28. The highest BCUT2D eigenvalue weighted by atomic mass is 16.5. The van der Waals surface area contributed by atoms with Gasteiger partial charge in [0.05, 0.1) is 12.2 Å². The predicted molar refractivity (Wildman–Crippen MR) is 111 cm³/mol. The first kappa shape index (κ1) is 19.7. The number of benzene rings is 2. The summed E-state index contributed by atoms with van der Waals surface area (Å²) in [5, 5.41) is 3.18. The van der Waals surface area contributed by atoms with Crippen molar-refractivity contribution in [3.63, 3.8) is 0 Å². The molecule has 2 aromatic rings. The number of nitrogens with one attached hydrogen (secondary N) is 1. The Bertz CT molecular complexity index is 900. The molecular formula is C23H26N2O3. The number of nitrogens with zero attached hydrogens (tertiary/aromatic N) is 1. The number of anilines is 1. The lowest BCUT2D eigenvalue weighted by molar-refractivity contribution is -0.136. The standard InChI is InChI=1S/C23H26N2O3/c1-4-13-25-22(26)20(17-11-9-16(3)10-12-17)21(23(25)27)24-18-7-6-8-19(15-18)28-14-5-2/h6-12,15,24H,4-5,13-14H2,1-3H3. The van der Waals surface area contributed by atoms with E-state index in [1.54, 1.807) is 0 Å². The first-order chi connectivity index (χ1) is 13.5. The maximum absolute atomic E-state index is 13.0. The molecule has 0 saturated heterocycles. The number of ether oxygens (including phenoxy) is 1. The van der Waals surface area contributed by atoms with Gasteiger partial charge in [-0.1, -0.05) is 49.7 Å². The number of amides is 2. The van der Waals surface area contributed by atoms with Crippen LogP contribution in [0.2, 0.25) is 0 Å². The second-order valence-electron chi connectivity index (χ2n) is 6.88. The Labute approximate surface area is 166 Å². The summed E-state index contributed by atoms with van der Waals surface area (Å²) in [4.78, 5) is 27.3. The van der Waals surface area contributed by atoms with E-state index in [0.29, 0.717) is 36.5 Å². The van der Waals surface area contributed by atoms with Crippen LogP contribution >= 0.6 is 0 Å². The highest BCUT2D eigenvalue weighted by molar-refractivity contribution is 6.36. The summed E-state index contributed by atoms with van der Waals surface area (Å²) in [6, 6.07) is 15.1. The third-order valence-corrected chi connectivity index (χ3v) is 4.53. The van der Waals surface area contributed by atoms with Crippen LogP contribution in [0.5, 0.6) is 5.75 Å². The van der Waals surface area contributed by atoms with Crippen molar-refractivity contribution < 1.29 is 14.3 Å². The Kier molecular flexibility index (Phi) is 6.14. The Balaban J connectivity index is 1.99. The average molecular weight is 378 g/mol. The fourth-order valence-corrected chi connectivity index (χ4v) is 3.13. The fourth-order valence-electron chi connectivity index (χ4n) is 3.13. The minimum Gasteiger partial charge on any atom is -0.494 e. The Morgan fingerprint density at radius 1 is 0.964 bits per heavy atom. The smallest absolute Gasteiger partial charge is 0.278 e. The quantitative estimate of drug-likeness (QED) is 0.692. The molecule has 0 spiro atoms. The van der Waals surface area contributed by atoms with Crippen LogP contribution in [-0.2, 0) is 9.59 Å². The second-order valence-corrected chi connectivity index (χ2v) is 6.88. The molecular weight excluding hydrogens is 352 g/mol. The molecule has 1 aliphatic heterocycles. The van der Waals surface area contributed by atoms with Gasteiger partial charge < -0.3 is 10.1 Å².